The van der Waals surface area contributed by atoms with Crippen LogP contribution in [-0.2, 0) is 4.84 Å². The van der Waals surface area contributed by atoms with Gasteiger partial charge in [0.1, 0.15) is 39.4 Å². The van der Waals surface area contributed by atoms with Crippen molar-refractivity contribution in [3.05, 3.63) is 35.4 Å². The Balaban J connectivity index is 1.59. The first-order valence-corrected chi connectivity index (χ1v) is 7.85. The van der Waals surface area contributed by atoms with E-state index in [2.05, 4.69) is 51.0 Å². The largest absolute Gasteiger partial charge is 0.399 e. The standard InChI is InChI=1S/C16H24N5O/c1-14-3-5-15(6-4-14)16(17-22-2)7-21-11-18-8-19(12-21)10-20(9-18)13-21/h3-6H,7-13H2,1-2H3/q+1. The number of oxime groups is 1. The highest BCUT2D eigenvalue weighted by Crippen LogP contribution is 2.29. The number of nitrogens with zero attached hydrogens (tertiary/aromatic N) is 5. The number of aryl methyl sites for hydroxylation is 1. The Labute approximate surface area is 131 Å². The van der Waals surface area contributed by atoms with E-state index in [9.17, 15) is 0 Å². The van der Waals surface area contributed by atoms with Gasteiger partial charge in [0, 0.05) is 5.56 Å². The summed E-state index contributed by atoms with van der Waals surface area (Å²) in [6.07, 6.45) is 0. The highest BCUT2D eigenvalue weighted by atomic mass is 16.6. The molecule has 0 aliphatic carbocycles. The lowest BCUT2D eigenvalue weighted by Gasteiger charge is -2.60. The summed E-state index contributed by atoms with van der Waals surface area (Å²) in [5.74, 6) is 0. The van der Waals surface area contributed by atoms with Crippen LogP contribution >= 0.6 is 0 Å². The van der Waals surface area contributed by atoms with Crippen molar-refractivity contribution in [2.75, 3.05) is 53.7 Å². The quantitative estimate of drug-likeness (QED) is 0.469. The molecule has 22 heavy (non-hydrogen) atoms. The second-order valence-electron chi connectivity index (χ2n) is 6.95. The Hall–Kier alpha value is -1.47. The third kappa shape index (κ3) is 2.52. The van der Waals surface area contributed by atoms with Crippen molar-refractivity contribution in [3.8, 4) is 0 Å². The molecule has 4 aliphatic rings. The zero-order chi connectivity index (χ0) is 15.2. The maximum absolute atomic E-state index is 5.14. The summed E-state index contributed by atoms with van der Waals surface area (Å²) in [5.41, 5.74) is 3.49. The lowest BCUT2D eigenvalue weighted by atomic mass is 10.1. The molecule has 118 valence electrons. The van der Waals surface area contributed by atoms with Gasteiger partial charge in [0.25, 0.3) is 0 Å². The molecule has 0 N–H and O–H groups in total. The van der Waals surface area contributed by atoms with E-state index in [1.165, 1.54) is 11.1 Å². The van der Waals surface area contributed by atoms with Gasteiger partial charge in [0.05, 0.1) is 20.0 Å². The summed E-state index contributed by atoms with van der Waals surface area (Å²) >= 11 is 0. The molecule has 4 saturated heterocycles. The molecular formula is C16H24N5O+. The van der Waals surface area contributed by atoms with Gasteiger partial charge in [0.15, 0.2) is 0 Å². The van der Waals surface area contributed by atoms with E-state index in [1.807, 2.05) is 0 Å². The predicted molar refractivity (Wildman–Crippen MR) is 84.6 cm³/mol. The normalized spacial score (nSPS) is 36.6. The first kappa shape index (κ1) is 14.1. The summed E-state index contributed by atoms with van der Waals surface area (Å²) < 4.78 is 1.04. The van der Waals surface area contributed by atoms with Crippen LogP contribution in [0.2, 0.25) is 0 Å². The van der Waals surface area contributed by atoms with Crippen LogP contribution < -0.4 is 0 Å². The third-order valence-corrected chi connectivity index (χ3v) is 4.77. The second kappa shape index (κ2) is 5.31. The molecule has 0 atom stereocenters. The molecule has 0 unspecified atom stereocenters. The van der Waals surface area contributed by atoms with Gasteiger partial charge in [-0.15, -0.1) is 0 Å². The third-order valence-electron chi connectivity index (χ3n) is 4.77. The molecular weight excluding hydrogens is 278 g/mol. The van der Waals surface area contributed by atoms with Crippen LogP contribution in [0.3, 0.4) is 0 Å². The second-order valence-corrected chi connectivity index (χ2v) is 6.95. The van der Waals surface area contributed by atoms with Crippen LogP contribution in [0.15, 0.2) is 29.4 Å². The Morgan fingerprint density at radius 1 is 1.05 bits per heavy atom. The van der Waals surface area contributed by atoms with Gasteiger partial charge in [-0.1, -0.05) is 35.0 Å². The fourth-order valence-electron chi connectivity index (χ4n) is 4.15. The predicted octanol–water partition coefficient (Wildman–Crippen LogP) is 0.854. The van der Waals surface area contributed by atoms with Gasteiger partial charge in [-0.3, -0.25) is 4.48 Å². The van der Waals surface area contributed by atoms with Crippen molar-refractivity contribution in [1.82, 2.24) is 14.7 Å². The molecule has 4 heterocycles. The lowest BCUT2D eigenvalue weighted by molar-refractivity contribution is -0.972. The van der Waals surface area contributed by atoms with E-state index >= 15 is 0 Å². The number of rotatable bonds is 4. The topological polar surface area (TPSA) is 31.3 Å². The average Bonchev–Trinajstić information content (AvgIpc) is 2.46. The minimum Gasteiger partial charge on any atom is -0.399 e. The average molecular weight is 302 g/mol. The number of hydrogen-bond donors (Lipinski definition) is 0. The number of hydrogen-bond acceptors (Lipinski definition) is 5. The molecule has 0 aromatic heterocycles. The van der Waals surface area contributed by atoms with Crippen molar-refractivity contribution >= 4 is 5.71 Å². The van der Waals surface area contributed by atoms with E-state index in [0.717, 1.165) is 56.8 Å². The summed E-state index contributed by atoms with van der Waals surface area (Å²) in [5, 5.41) is 4.35. The zero-order valence-corrected chi connectivity index (χ0v) is 13.4. The molecule has 1 aromatic rings. The van der Waals surface area contributed by atoms with Crippen molar-refractivity contribution in [1.29, 1.82) is 0 Å². The molecule has 0 amide bonds. The van der Waals surface area contributed by atoms with Crippen molar-refractivity contribution in [2.45, 2.75) is 6.92 Å². The molecule has 0 radical (unpaired) electrons. The smallest absolute Gasteiger partial charge is 0.141 e. The maximum Gasteiger partial charge on any atom is 0.141 e. The number of quaternary nitrogens is 1. The molecule has 6 nitrogen and oxygen atoms in total. The van der Waals surface area contributed by atoms with Gasteiger partial charge < -0.3 is 4.84 Å². The van der Waals surface area contributed by atoms with Gasteiger partial charge in [0.2, 0.25) is 0 Å². The highest BCUT2D eigenvalue weighted by molar-refractivity contribution is 6.01. The van der Waals surface area contributed by atoms with Crippen LogP contribution in [0, 0.1) is 6.92 Å². The Bertz CT molecular complexity index is 547. The summed E-state index contributed by atoms with van der Waals surface area (Å²) in [6.45, 7) is 9.69. The first-order chi connectivity index (χ1) is 10.7. The monoisotopic (exact) mass is 302 g/mol. The Kier molecular flexibility index (Phi) is 3.41. The molecule has 1 aromatic carbocycles. The van der Waals surface area contributed by atoms with Crippen LogP contribution in [-0.4, -0.2) is 78.6 Å². The summed E-state index contributed by atoms with van der Waals surface area (Å²) in [7, 11) is 1.64. The van der Waals surface area contributed by atoms with E-state index in [0.29, 0.717) is 0 Å². The summed E-state index contributed by atoms with van der Waals surface area (Å²) in [6, 6.07) is 8.59. The zero-order valence-electron chi connectivity index (χ0n) is 13.4. The molecule has 0 spiro atoms. The Morgan fingerprint density at radius 2 is 1.59 bits per heavy atom. The molecule has 0 saturated carbocycles. The van der Waals surface area contributed by atoms with Crippen LogP contribution in [0.4, 0.5) is 0 Å². The van der Waals surface area contributed by atoms with E-state index in [4.69, 9.17) is 4.84 Å². The van der Waals surface area contributed by atoms with E-state index < -0.39 is 0 Å². The molecule has 5 rings (SSSR count). The molecule has 4 aliphatic heterocycles. The van der Waals surface area contributed by atoms with Crippen LogP contribution in [0.1, 0.15) is 11.1 Å². The fourth-order valence-corrected chi connectivity index (χ4v) is 4.15. The van der Waals surface area contributed by atoms with Crippen LogP contribution in [0.5, 0.6) is 0 Å². The lowest BCUT2D eigenvalue weighted by Crippen LogP contribution is -2.79. The van der Waals surface area contributed by atoms with Gasteiger partial charge in [-0.2, -0.15) is 0 Å². The van der Waals surface area contributed by atoms with Crippen LogP contribution in [0.25, 0.3) is 0 Å². The van der Waals surface area contributed by atoms with E-state index in [-0.39, 0.29) is 0 Å². The van der Waals surface area contributed by atoms with Gasteiger partial charge >= 0.3 is 0 Å². The van der Waals surface area contributed by atoms with Gasteiger partial charge in [-0.05, 0) is 6.92 Å². The minimum absolute atomic E-state index is 0.917. The van der Waals surface area contributed by atoms with Crippen molar-refractivity contribution in [2.24, 2.45) is 5.16 Å². The van der Waals surface area contributed by atoms with Crippen molar-refractivity contribution < 1.29 is 9.32 Å². The maximum atomic E-state index is 5.14. The molecule has 4 bridgehead atoms. The fraction of sp³-hybridized carbons (Fsp3) is 0.562. The van der Waals surface area contributed by atoms with Gasteiger partial charge in [-0.25, -0.2) is 14.7 Å². The van der Waals surface area contributed by atoms with Crippen molar-refractivity contribution in [3.63, 3.8) is 0 Å². The molecule has 4 fully saturated rings. The first-order valence-electron chi connectivity index (χ1n) is 7.85. The Morgan fingerprint density at radius 3 is 2.09 bits per heavy atom. The summed E-state index contributed by atoms with van der Waals surface area (Å²) in [4.78, 5) is 12.7. The highest BCUT2D eigenvalue weighted by Gasteiger charge is 2.49. The number of benzene rings is 1. The SMILES string of the molecule is CON=C(C[N+]12CN3CN(CN(C3)C1)C2)c1ccc(C)cc1. The minimum atomic E-state index is 0.917. The van der Waals surface area contributed by atoms with E-state index in [1.54, 1.807) is 7.11 Å². The molecule has 6 heteroatoms.